The molecule has 1 saturated heterocycles. The molecule has 0 aliphatic carbocycles. The first-order valence-corrected chi connectivity index (χ1v) is 9.92. The van der Waals surface area contributed by atoms with Crippen molar-refractivity contribution < 1.29 is 8.42 Å². The predicted octanol–water partition coefficient (Wildman–Crippen LogP) is 3.04. The van der Waals surface area contributed by atoms with Gasteiger partial charge in [-0.3, -0.25) is 0 Å². The highest BCUT2D eigenvalue weighted by molar-refractivity contribution is 7.88. The van der Waals surface area contributed by atoms with E-state index >= 15 is 0 Å². The first-order valence-electron chi connectivity index (χ1n) is 8.31. The number of anilines is 1. The van der Waals surface area contributed by atoms with Crippen molar-refractivity contribution in [3.8, 4) is 0 Å². The molecular weight excluding hydrogens is 320 g/mol. The number of nitrogens with zero attached hydrogens (tertiary/aromatic N) is 2. The molecule has 1 heterocycles. The van der Waals surface area contributed by atoms with Crippen molar-refractivity contribution in [3.05, 3.63) is 65.7 Å². The van der Waals surface area contributed by atoms with E-state index in [0.29, 0.717) is 13.1 Å². The first-order chi connectivity index (χ1) is 11.5. The molecule has 0 N–H and O–H groups in total. The lowest BCUT2D eigenvalue weighted by Crippen LogP contribution is -2.53. The monoisotopic (exact) mass is 344 g/mol. The van der Waals surface area contributed by atoms with Crippen molar-refractivity contribution in [1.82, 2.24) is 4.31 Å². The lowest BCUT2D eigenvalue weighted by atomic mass is 10.1. The summed E-state index contributed by atoms with van der Waals surface area (Å²) in [5.74, 6) is 0.0745. The molecule has 0 saturated carbocycles. The summed E-state index contributed by atoms with van der Waals surface area (Å²) in [6.07, 6.45) is 0. The van der Waals surface area contributed by atoms with Crippen LogP contribution in [0.1, 0.15) is 18.1 Å². The number of hydrogen-bond acceptors (Lipinski definition) is 3. The van der Waals surface area contributed by atoms with Gasteiger partial charge in [-0.15, -0.1) is 0 Å². The predicted molar refractivity (Wildman–Crippen MR) is 98.6 cm³/mol. The van der Waals surface area contributed by atoms with E-state index in [-0.39, 0.29) is 11.8 Å². The fourth-order valence-corrected chi connectivity index (χ4v) is 4.77. The Morgan fingerprint density at radius 2 is 1.67 bits per heavy atom. The maximum absolute atomic E-state index is 12.7. The number of sulfonamides is 1. The van der Waals surface area contributed by atoms with E-state index in [0.717, 1.165) is 17.8 Å². The highest BCUT2D eigenvalue weighted by atomic mass is 32.2. The summed E-state index contributed by atoms with van der Waals surface area (Å²) in [5, 5.41) is 0. The third-order valence-corrected chi connectivity index (χ3v) is 6.36. The SMILES string of the molecule is Cc1ccc(N2CCN(S(=O)(=O)Cc3ccccc3)C[C@H]2C)cc1. The van der Waals surface area contributed by atoms with Gasteiger partial charge in [0.2, 0.25) is 10.0 Å². The number of piperazine rings is 1. The Kier molecular flexibility index (Phi) is 4.92. The summed E-state index contributed by atoms with van der Waals surface area (Å²) < 4.78 is 27.0. The highest BCUT2D eigenvalue weighted by Crippen LogP contribution is 2.23. The first kappa shape index (κ1) is 17.0. The molecule has 4 nitrogen and oxygen atoms in total. The van der Waals surface area contributed by atoms with Gasteiger partial charge in [0.05, 0.1) is 5.75 Å². The van der Waals surface area contributed by atoms with Crippen molar-refractivity contribution in [2.45, 2.75) is 25.6 Å². The van der Waals surface area contributed by atoms with Gasteiger partial charge < -0.3 is 4.90 Å². The number of aryl methyl sites for hydroxylation is 1. The van der Waals surface area contributed by atoms with Crippen LogP contribution in [0.25, 0.3) is 0 Å². The van der Waals surface area contributed by atoms with Crippen LogP contribution in [0, 0.1) is 6.92 Å². The smallest absolute Gasteiger partial charge is 0.218 e. The van der Waals surface area contributed by atoms with Crippen molar-refractivity contribution in [2.24, 2.45) is 0 Å². The molecule has 2 aromatic rings. The maximum atomic E-state index is 12.7. The molecule has 128 valence electrons. The molecule has 5 heteroatoms. The summed E-state index contributed by atoms with van der Waals surface area (Å²) in [7, 11) is -3.27. The summed E-state index contributed by atoms with van der Waals surface area (Å²) in [5.41, 5.74) is 3.23. The average Bonchev–Trinajstić information content (AvgIpc) is 2.56. The zero-order valence-electron chi connectivity index (χ0n) is 14.2. The van der Waals surface area contributed by atoms with E-state index in [9.17, 15) is 8.42 Å². The lowest BCUT2D eigenvalue weighted by Gasteiger charge is -2.40. The Hall–Kier alpha value is -1.85. The van der Waals surface area contributed by atoms with Gasteiger partial charge in [-0.1, -0.05) is 48.0 Å². The Labute approximate surface area is 144 Å². The maximum Gasteiger partial charge on any atom is 0.218 e. The van der Waals surface area contributed by atoms with Crippen LogP contribution in [0.15, 0.2) is 54.6 Å². The van der Waals surface area contributed by atoms with Crippen LogP contribution >= 0.6 is 0 Å². The van der Waals surface area contributed by atoms with Crippen LogP contribution in [0.3, 0.4) is 0 Å². The summed E-state index contributed by atoms with van der Waals surface area (Å²) in [6.45, 7) is 5.94. The van der Waals surface area contributed by atoms with Crippen molar-refractivity contribution in [2.75, 3.05) is 24.5 Å². The van der Waals surface area contributed by atoms with E-state index in [1.165, 1.54) is 5.56 Å². The van der Waals surface area contributed by atoms with E-state index in [1.807, 2.05) is 30.3 Å². The zero-order chi connectivity index (χ0) is 17.2. The van der Waals surface area contributed by atoms with Crippen LogP contribution < -0.4 is 4.90 Å². The lowest BCUT2D eigenvalue weighted by molar-refractivity contribution is 0.342. The fraction of sp³-hybridized carbons (Fsp3) is 0.368. The largest absolute Gasteiger partial charge is 0.366 e. The minimum absolute atomic E-state index is 0.0745. The summed E-state index contributed by atoms with van der Waals surface area (Å²) in [4.78, 5) is 2.29. The normalized spacial score (nSPS) is 19.4. The topological polar surface area (TPSA) is 40.6 Å². The van der Waals surface area contributed by atoms with Crippen LogP contribution in [0.4, 0.5) is 5.69 Å². The molecule has 1 aliphatic heterocycles. The molecule has 0 amide bonds. The molecule has 1 fully saturated rings. The molecule has 0 spiro atoms. The van der Waals surface area contributed by atoms with Crippen LogP contribution in [-0.4, -0.2) is 38.4 Å². The number of benzene rings is 2. The van der Waals surface area contributed by atoms with E-state index in [2.05, 4.69) is 43.0 Å². The molecule has 0 unspecified atom stereocenters. The average molecular weight is 344 g/mol. The Morgan fingerprint density at radius 3 is 2.29 bits per heavy atom. The van der Waals surface area contributed by atoms with Gasteiger partial charge in [0.15, 0.2) is 0 Å². The summed E-state index contributed by atoms with van der Waals surface area (Å²) >= 11 is 0. The molecule has 1 atom stereocenters. The van der Waals surface area contributed by atoms with Crippen molar-refractivity contribution in [3.63, 3.8) is 0 Å². The molecule has 0 radical (unpaired) electrons. The Bertz CT molecular complexity index is 773. The molecular formula is C19H24N2O2S. The molecule has 0 bridgehead atoms. The van der Waals surface area contributed by atoms with Crippen molar-refractivity contribution >= 4 is 15.7 Å². The van der Waals surface area contributed by atoms with Gasteiger partial charge >= 0.3 is 0 Å². The van der Waals surface area contributed by atoms with Gasteiger partial charge in [0, 0.05) is 31.4 Å². The van der Waals surface area contributed by atoms with E-state index in [4.69, 9.17) is 0 Å². The van der Waals surface area contributed by atoms with Crippen LogP contribution in [0.5, 0.6) is 0 Å². The molecule has 1 aliphatic rings. The van der Waals surface area contributed by atoms with E-state index < -0.39 is 10.0 Å². The second kappa shape index (κ2) is 6.95. The van der Waals surface area contributed by atoms with Gasteiger partial charge in [-0.2, -0.15) is 4.31 Å². The van der Waals surface area contributed by atoms with Gasteiger partial charge in [0.1, 0.15) is 0 Å². The van der Waals surface area contributed by atoms with Gasteiger partial charge in [-0.25, -0.2) is 8.42 Å². The zero-order valence-corrected chi connectivity index (χ0v) is 15.0. The van der Waals surface area contributed by atoms with Gasteiger partial charge in [-0.05, 0) is 31.5 Å². The van der Waals surface area contributed by atoms with Crippen LogP contribution in [-0.2, 0) is 15.8 Å². The second-order valence-electron chi connectivity index (χ2n) is 6.48. The molecule has 2 aromatic carbocycles. The molecule has 3 rings (SSSR count). The van der Waals surface area contributed by atoms with Crippen molar-refractivity contribution in [1.29, 1.82) is 0 Å². The molecule has 0 aromatic heterocycles. The second-order valence-corrected chi connectivity index (χ2v) is 8.45. The quantitative estimate of drug-likeness (QED) is 0.856. The fourth-order valence-electron chi connectivity index (χ4n) is 3.17. The third kappa shape index (κ3) is 3.79. The minimum atomic E-state index is -3.27. The van der Waals surface area contributed by atoms with Gasteiger partial charge in [0.25, 0.3) is 0 Å². The number of rotatable bonds is 4. The third-order valence-electron chi connectivity index (χ3n) is 4.54. The Morgan fingerprint density at radius 1 is 1.00 bits per heavy atom. The number of hydrogen-bond donors (Lipinski definition) is 0. The highest BCUT2D eigenvalue weighted by Gasteiger charge is 2.31. The standard InChI is InChI=1S/C19H24N2O2S/c1-16-8-10-19(11-9-16)21-13-12-20(14-17(21)2)24(22,23)15-18-6-4-3-5-7-18/h3-11,17H,12-15H2,1-2H3/t17-/m1/s1. The van der Waals surface area contributed by atoms with Crippen LogP contribution in [0.2, 0.25) is 0 Å². The molecule has 24 heavy (non-hydrogen) atoms. The minimum Gasteiger partial charge on any atom is -0.366 e. The Balaban J connectivity index is 1.69. The summed E-state index contributed by atoms with van der Waals surface area (Å²) in [6, 6.07) is 18.0. The van der Waals surface area contributed by atoms with E-state index in [1.54, 1.807) is 4.31 Å².